The Labute approximate surface area is 409 Å². The molecule has 5 heterocycles. The molecule has 0 saturated heterocycles. The number of rotatable bonds is 8. The number of hydrogen-bond donors (Lipinski definition) is 2. The van der Waals surface area contributed by atoms with Crippen molar-refractivity contribution in [3.05, 3.63) is 121 Å². The molecule has 0 spiro atoms. The molecule has 12 nitrogen and oxygen atoms in total. The van der Waals surface area contributed by atoms with Crippen molar-refractivity contribution in [1.82, 2.24) is 39.9 Å². The number of hydrogen-bond acceptors (Lipinski definition) is 10. The topological polar surface area (TPSA) is 180 Å². The number of aliphatic hydroxyl groups is 2. The maximum Gasteiger partial charge on any atom is 0.448 e. The zero-order chi connectivity index (χ0) is 48.9. The summed E-state index contributed by atoms with van der Waals surface area (Å²) in [6, 6.07) is 31.8. The molecule has 69 heavy (non-hydrogen) atoms. The smallest absolute Gasteiger partial charge is 0.448 e. The fourth-order valence-electron chi connectivity index (χ4n) is 7.51. The second-order valence-corrected chi connectivity index (χ2v) is 15.6. The molecule has 0 saturated carbocycles. The second-order valence-electron chi connectivity index (χ2n) is 15.6. The third-order valence-corrected chi connectivity index (χ3v) is 11.2. The first kappa shape index (κ1) is 51.5. The van der Waals surface area contributed by atoms with Gasteiger partial charge in [0.25, 0.3) is 0 Å². The van der Waals surface area contributed by atoms with Gasteiger partial charge in [-0.25, -0.2) is 9.97 Å². The first-order valence-electron chi connectivity index (χ1n) is 21.6. The molecule has 2 N–H and O–H groups in total. The maximum absolute atomic E-state index is 11.8. The van der Waals surface area contributed by atoms with Gasteiger partial charge in [-0.2, -0.15) is 26.3 Å². The fraction of sp³-hybridized carbons (Fsp3) is 0.240. The Morgan fingerprint density at radius 3 is 0.913 bits per heavy atom. The number of aromatic nitrogens is 8. The number of halogens is 6. The molecule has 4 aromatic carbocycles. The maximum atomic E-state index is 11.8. The van der Waals surface area contributed by atoms with E-state index >= 15 is 0 Å². The molecule has 354 valence electrons. The molecule has 3 aromatic heterocycles. The van der Waals surface area contributed by atoms with Crippen LogP contribution < -0.4 is 9.97 Å². The quantitative estimate of drug-likeness (QED) is 0.0637. The monoisotopic (exact) mass is 1110 g/mol. The molecule has 7 aromatic rings. The summed E-state index contributed by atoms with van der Waals surface area (Å²) in [5, 5.41) is 20.6. The van der Waals surface area contributed by atoms with E-state index in [1.807, 2.05) is 97.1 Å². The van der Waals surface area contributed by atoms with E-state index in [1.165, 1.54) is 0 Å². The summed E-state index contributed by atoms with van der Waals surface area (Å²) in [6.07, 6.45) is -7.26. The predicted molar refractivity (Wildman–Crippen MR) is 246 cm³/mol. The Morgan fingerprint density at radius 2 is 0.696 bits per heavy atom. The van der Waals surface area contributed by atoms with Crippen LogP contribution in [-0.2, 0) is 35.4 Å². The molecular formula is C50H42F6HfN8O4-2. The minimum absolute atomic E-state index is 0. The van der Waals surface area contributed by atoms with Crippen LogP contribution in [0.2, 0.25) is 0 Å². The molecule has 19 heteroatoms. The number of benzene rings is 4. The summed E-state index contributed by atoms with van der Waals surface area (Å²) in [4.78, 5) is 61.5. The van der Waals surface area contributed by atoms with Crippen molar-refractivity contribution in [2.45, 2.75) is 65.7 Å². The number of carbonyl (C=O) groups is 2. The molecule has 0 unspecified atom stereocenters. The van der Waals surface area contributed by atoms with Crippen molar-refractivity contribution in [2.24, 2.45) is 11.8 Å². The van der Waals surface area contributed by atoms with Gasteiger partial charge in [0.15, 0.2) is 11.6 Å². The molecule has 2 aliphatic heterocycles. The van der Waals surface area contributed by atoms with E-state index in [2.05, 4.69) is 0 Å². The molecule has 2 aliphatic rings. The van der Waals surface area contributed by atoms with Crippen molar-refractivity contribution in [3.63, 3.8) is 0 Å². The number of fused-ring (bicyclic) bond motifs is 20. The number of nitrogens with zero attached hydrogens (tertiary/aromatic N) is 8. The van der Waals surface area contributed by atoms with Gasteiger partial charge in [0.2, 0.25) is 11.5 Å². The fourth-order valence-corrected chi connectivity index (χ4v) is 7.51. The van der Waals surface area contributed by atoms with Crippen LogP contribution in [0.25, 0.3) is 89.7 Å². The number of allylic oxidation sites excluding steroid dienone is 4. The number of ketones is 2. The van der Waals surface area contributed by atoms with Crippen LogP contribution in [0.5, 0.6) is 0 Å². The summed E-state index contributed by atoms with van der Waals surface area (Å²) < 4.78 is 70.9. The van der Waals surface area contributed by atoms with E-state index in [0.29, 0.717) is 71.6 Å². The molecule has 9 rings (SSSR count). The molecule has 0 atom stereocenters. The van der Waals surface area contributed by atoms with Gasteiger partial charge in [-0.05, 0) is 47.2 Å². The van der Waals surface area contributed by atoms with Gasteiger partial charge >= 0.3 is 12.4 Å². The van der Waals surface area contributed by atoms with Gasteiger partial charge in [-0.3, -0.25) is 9.59 Å². The molecule has 0 radical (unpaired) electrons. The zero-order valence-electron chi connectivity index (χ0n) is 37.4. The first-order chi connectivity index (χ1) is 32.4. The molecular weight excluding hydrogens is 1070 g/mol. The van der Waals surface area contributed by atoms with Crippen molar-refractivity contribution < 1.29 is 72.0 Å². The molecule has 8 bridgehead atoms. The van der Waals surface area contributed by atoms with Gasteiger partial charge in [0.1, 0.15) is 0 Å². The largest absolute Gasteiger partial charge is 0.504 e. The van der Waals surface area contributed by atoms with Crippen molar-refractivity contribution in [1.29, 1.82) is 0 Å². The Bertz CT molecular complexity index is 2890. The van der Waals surface area contributed by atoms with Gasteiger partial charge in [0.05, 0.1) is 23.3 Å². The number of carbonyl (C=O) groups excluding carboxylic acids is 2. The van der Waals surface area contributed by atoms with E-state index in [-0.39, 0.29) is 38.0 Å². The number of alkyl halides is 6. The van der Waals surface area contributed by atoms with E-state index in [0.717, 1.165) is 43.8 Å². The Balaban J connectivity index is 0.000000225. The van der Waals surface area contributed by atoms with Crippen molar-refractivity contribution in [2.75, 3.05) is 0 Å². The molecule has 0 amide bonds. The van der Waals surface area contributed by atoms with Gasteiger partial charge in [0, 0.05) is 94.7 Å². The van der Waals surface area contributed by atoms with E-state index in [4.69, 9.17) is 50.1 Å². The van der Waals surface area contributed by atoms with Crippen LogP contribution in [0.15, 0.2) is 121 Å². The SMILES string of the molecule is CCC(CC)C(=O)/C=C(\O)C(F)(F)F.CCC(CC)C(=O)/C=C(\O)C(F)(F)F.[Hf].c1ccc2c(c1)-c1nc-2nc2[n-]c(nc3nc(nc4[n-]c(n1)c1ccccc41)-c1ccccc1-3)c1ccccc21. The van der Waals surface area contributed by atoms with Crippen LogP contribution in [0.3, 0.4) is 0 Å². The first-order valence-corrected chi connectivity index (χ1v) is 21.6. The minimum Gasteiger partial charge on any atom is -0.504 e. The number of aliphatic hydroxyl groups excluding tert-OH is 2. The van der Waals surface area contributed by atoms with Gasteiger partial charge in [-0.15, -0.1) is 0 Å². The zero-order valence-corrected chi connectivity index (χ0v) is 41.0. The Kier molecular flexibility index (Phi) is 16.1. The third-order valence-electron chi connectivity index (χ3n) is 11.2. The van der Waals surface area contributed by atoms with Gasteiger partial charge in [-0.1, -0.05) is 125 Å². The summed E-state index contributed by atoms with van der Waals surface area (Å²) >= 11 is 0. The molecule has 0 aliphatic carbocycles. The summed E-state index contributed by atoms with van der Waals surface area (Å²) in [5.74, 6) is -3.68. The Hall–Kier alpha value is -6.89. The van der Waals surface area contributed by atoms with Crippen LogP contribution in [0.4, 0.5) is 26.3 Å². The molecule has 0 fully saturated rings. The minimum atomic E-state index is -4.83. The van der Waals surface area contributed by atoms with Crippen molar-refractivity contribution in [3.8, 4) is 45.6 Å². The summed E-state index contributed by atoms with van der Waals surface area (Å²) in [5.41, 5.74) is 5.78. The van der Waals surface area contributed by atoms with E-state index < -0.39 is 47.3 Å². The average Bonchev–Trinajstić information content (AvgIpc) is 4.05. The Morgan fingerprint density at radius 1 is 0.464 bits per heavy atom. The van der Waals surface area contributed by atoms with E-state index in [9.17, 15) is 35.9 Å². The standard InChI is InChI=1S/C32H16N8.2C9H13F3O2.Hf/c1-2-10-18-17(9-1)25-33-26(18)38-28-21-13-5-6-14-22(21)30(35-28)40-32-24-16-8-7-15-23(24)31(36-32)39-29-20-12-4-3-11-19(20)27(34-29)37-25;2*1-3-6(4-2)7(13)5-8(14)9(10,11)12;/h1-16H;2*5-6,14H,3-4H2,1-2H3;/q-2;;;/b;2*8-5-;. The van der Waals surface area contributed by atoms with Crippen LogP contribution >= 0.6 is 0 Å². The normalized spacial score (nSPS) is 12.4. The summed E-state index contributed by atoms with van der Waals surface area (Å²) in [7, 11) is 0. The van der Waals surface area contributed by atoms with E-state index in [1.54, 1.807) is 27.7 Å². The van der Waals surface area contributed by atoms with Crippen LogP contribution in [-0.4, -0.2) is 64.0 Å². The predicted octanol–water partition coefficient (Wildman–Crippen LogP) is 12.1. The van der Waals surface area contributed by atoms with Crippen LogP contribution in [0, 0.1) is 11.8 Å². The average molecular weight is 1110 g/mol. The van der Waals surface area contributed by atoms with Gasteiger partial charge < -0.3 is 40.1 Å². The van der Waals surface area contributed by atoms with Crippen LogP contribution in [0.1, 0.15) is 53.4 Å². The van der Waals surface area contributed by atoms with Crippen molar-refractivity contribution >= 4 is 55.7 Å². The summed E-state index contributed by atoms with van der Waals surface area (Å²) in [6.45, 7) is 6.85. The third kappa shape index (κ3) is 11.4. The second kappa shape index (κ2) is 21.6.